The number of methoxy groups -OCH3 is 1. The fourth-order valence-corrected chi connectivity index (χ4v) is 7.60. The van der Waals surface area contributed by atoms with Crippen LogP contribution < -0.4 is 14.4 Å². The summed E-state index contributed by atoms with van der Waals surface area (Å²) in [5, 5.41) is 3.74. The zero-order chi connectivity index (χ0) is 34.3. The molecule has 4 aromatic carbocycles. The van der Waals surface area contributed by atoms with E-state index in [0.717, 1.165) is 52.2 Å². The molecule has 0 aliphatic heterocycles. The summed E-state index contributed by atoms with van der Waals surface area (Å²) in [5.74, 6) is -0.506. The molecule has 5 rings (SSSR count). The summed E-state index contributed by atoms with van der Waals surface area (Å²) in [7, 11) is -2.80. The monoisotopic (exact) mass is 687 g/mol. The first-order valence-corrected chi connectivity index (χ1v) is 18.0. The normalized spacial score (nSPS) is 13.9. The quantitative estimate of drug-likeness (QED) is 0.166. The highest BCUT2D eigenvalue weighted by Gasteiger charge is 2.36. The lowest BCUT2D eigenvalue weighted by Crippen LogP contribution is -2.54. The van der Waals surface area contributed by atoms with Gasteiger partial charge in [-0.3, -0.25) is 13.9 Å². The summed E-state index contributed by atoms with van der Waals surface area (Å²) in [6.07, 6.45) is 4.07. The zero-order valence-electron chi connectivity index (χ0n) is 27.6. The number of hydrogen-bond acceptors (Lipinski definition) is 5. The molecule has 10 heteroatoms. The van der Waals surface area contributed by atoms with E-state index in [4.69, 9.17) is 16.3 Å². The van der Waals surface area contributed by atoms with Gasteiger partial charge in [0.05, 0.1) is 17.7 Å². The van der Waals surface area contributed by atoms with Gasteiger partial charge in [0.15, 0.2) is 0 Å². The van der Waals surface area contributed by atoms with Crippen LogP contribution >= 0.6 is 11.6 Å². The topological polar surface area (TPSA) is 96.0 Å². The van der Waals surface area contributed by atoms with Crippen LogP contribution in [-0.2, 0) is 32.6 Å². The van der Waals surface area contributed by atoms with Crippen molar-refractivity contribution in [2.75, 3.05) is 18.0 Å². The maximum Gasteiger partial charge on any atom is 0.264 e. The van der Waals surface area contributed by atoms with E-state index in [0.29, 0.717) is 10.8 Å². The third kappa shape index (κ3) is 8.57. The van der Waals surface area contributed by atoms with Gasteiger partial charge in [-0.25, -0.2) is 8.42 Å². The average molecular weight is 688 g/mol. The molecule has 4 aromatic rings. The first-order chi connectivity index (χ1) is 23.0. The molecule has 0 spiro atoms. The molecular weight excluding hydrogens is 646 g/mol. The summed E-state index contributed by atoms with van der Waals surface area (Å²) in [4.78, 5) is 30.5. The maximum atomic E-state index is 14.8. The van der Waals surface area contributed by atoms with Gasteiger partial charge < -0.3 is 15.0 Å². The molecule has 1 atom stereocenters. The molecule has 48 heavy (non-hydrogen) atoms. The van der Waals surface area contributed by atoms with E-state index >= 15 is 0 Å². The van der Waals surface area contributed by atoms with Crippen LogP contribution in [0.4, 0.5) is 5.69 Å². The number of aryl methyl sites for hydroxylation is 2. The highest BCUT2D eigenvalue weighted by atomic mass is 35.5. The zero-order valence-corrected chi connectivity index (χ0v) is 29.1. The minimum absolute atomic E-state index is 0.0261. The van der Waals surface area contributed by atoms with Gasteiger partial charge in [0, 0.05) is 24.0 Å². The predicted octanol–water partition coefficient (Wildman–Crippen LogP) is 6.86. The van der Waals surface area contributed by atoms with Gasteiger partial charge >= 0.3 is 0 Å². The van der Waals surface area contributed by atoms with Gasteiger partial charge in [-0.05, 0) is 79.8 Å². The molecule has 0 unspecified atom stereocenters. The Morgan fingerprint density at radius 2 is 1.52 bits per heavy atom. The Bertz CT molecular complexity index is 1810. The smallest absolute Gasteiger partial charge is 0.264 e. The third-order valence-electron chi connectivity index (χ3n) is 8.73. The Hall–Kier alpha value is -4.34. The van der Waals surface area contributed by atoms with Crippen LogP contribution in [0.15, 0.2) is 102 Å². The molecular formula is C38H42ClN3O5S. The fourth-order valence-electron chi connectivity index (χ4n) is 6.05. The van der Waals surface area contributed by atoms with Crippen molar-refractivity contribution in [3.05, 3.63) is 124 Å². The second-order valence-corrected chi connectivity index (χ2v) is 14.6. The Labute approximate surface area is 288 Å². The van der Waals surface area contributed by atoms with Crippen molar-refractivity contribution in [2.45, 2.75) is 69.5 Å². The molecule has 8 nitrogen and oxygen atoms in total. The number of hydrogen-bond donors (Lipinski definition) is 1. The number of benzene rings is 4. The highest BCUT2D eigenvalue weighted by molar-refractivity contribution is 7.92. The van der Waals surface area contributed by atoms with E-state index in [1.54, 1.807) is 36.4 Å². The number of carbonyl (C=O) groups excluding carboxylic acids is 2. The maximum absolute atomic E-state index is 14.8. The number of ether oxygens (including phenoxy) is 1. The summed E-state index contributed by atoms with van der Waals surface area (Å²) in [5.41, 5.74) is 3.55. The van der Waals surface area contributed by atoms with Crippen LogP contribution in [0.1, 0.15) is 47.9 Å². The van der Waals surface area contributed by atoms with Crippen molar-refractivity contribution in [3.8, 4) is 5.75 Å². The molecule has 1 aliphatic carbocycles. The molecule has 1 saturated carbocycles. The molecule has 0 radical (unpaired) electrons. The molecule has 0 saturated heterocycles. The number of anilines is 1. The first-order valence-electron chi connectivity index (χ1n) is 16.2. The van der Waals surface area contributed by atoms with E-state index in [1.165, 1.54) is 24.1 Å². The van der Waals surface area contributed by atoms with Crippen molar-refractivity contribution >= 4 is 39.1 Å². The summed E-state index contributed by atoms with van der Waals surface area (Å²) in [6.45, 7) is 3.22. The second kappa shape index (κ2) is 15.7. The van der Waals surface area contributed by atoms with E-state index in [1.807, 2.05) is 62.4 Å². The number of halogens is 1. The van der Waals surface area contributed by atoms with Crippen molar-refractivity contribution in [1.29, 1.82) is 0 Å². The van der Waals surface area contributed by atoms with E-state index in [2.05, 4.69) is 5.32 Å². The van der Waals surface area contributed by atoms with E-state index in [9.17, 15) is 18.0 Å². The number of amides is 2. The van der Waals surface area contributed by atoms with E-state index < -0.39 is 28.5 Å². The molecule has 1 fully saturated rings. The standard InChI is InChI=1S/C38H42ClN3O5S/c1-27-13-20-33(21-14-27)48(45,46)42(34-23-28(2)15-22-36(34)47-3)26-37(43)41(25-30-16-18-31(39)19-17-30)35(24-29-9-5-4-6-10-29)38(44)40-32-11-7-8-12-32/h4-6,9-10,13-23,32,35H,7-8,11-12,24-26H2,1-3H3,(H,40,44)/t35-/m0/s1. The number of sulfonamides is 1. The minimum atomic E-state index is -4.26. The van der Waals surface area contributed by atoms with Crippen LogP contribution in [0.25, 0.3) is 0 Å². The van der Waals surface area contributed by atoms with E-state index in [-0.39, 0.29) is 35.5 Å². The largest absolute Gasteiger partial charge is 0.495 e. The lowest BCUT2D eigenvalue weighted by molar-refractivity contribution is -0.140. The van der Waals surface area contributed by atoms with Crippen LogP contribution in [-0.4, -0.2) is 50.9 Å². The summed E-state index contributed by atoms with van der Waals surface area (Å²) in [6, 6.07) is 27.4. The SMILES string of the molecule is COc1ccc(C)cc1N(CC(=O)N(Cc1ccc(Cl)cc1)[C@@H](Cc1ccccc1)C(=O)NC1CCCC1)S(=O)(=O)c1ccc(C)cc1. The fraction of sp³-hybridized carbons (Fsp3) is 0.316. The van der Waals surface area contributed by atoms with Crippen molar-refractivity contribution in [3.63, 3.8) is 0 Å². The van der Waals surface area contributed by atoms with Crippen molar-refractivity contribution in [1.82, 2.24) is 10.2 Å². The van der Waals surface area contributed by atoms with Crippen LogP contribution in [0.3, 0.4) is 0 Å². The molecule has 252 valence electrons. The van der Waals surface area contributed by atoms with Crippen molar-refractivity contribution < 1.29 is 22.7 Å². The van der Waals surface area contributed by atoms with Gasteiger partial charge in [0.1, 0.15) is 18.3 Å². The van der Waals surface area contributed by atoms with Gasteiger partial charge in [0.25, 0.3) is 10.0 Å². The summed E-state index contributed by atoms with van der Waals surface area (Å²) < 4.78 is 35.5. The Morgan fingerprint density at radius 3 is 2.17 bits per heavy atom. The van der Waals surface area contributed by atoms with Gasteiger partial charge in [-0.2, -0.15) is 0 Å². The van der Waals surface area contributed by atoms with Crippen LogP contribution in [0, 0.1) is 13.8 Å². The number of nitrogens with zero attached hydrogens (tertiary/aromatic N) is 2. The molecule has 0 heterocycles. The number of nitrogens with one attached hydrogen (secondary N) is 1. The number of rotatable bonds is 13. The first kappa shape index (κ1) is 35.0. The summed E-state index contributed by atoms with van der Waals surface area (Å²) >= 11 is 6.19. The number of carbonyl (C=O) groups is 2. The van der Waals surface area contributed by atoms with Gasteiger partial charge in [-0.15, -0.1) is 0 Å². The van der Waals surface area contributed by atoms with Gasteiger partial charge in [0.2, 0.25) is 11.8 Å². The highest BCUT2D eigenvalue weighted by Crippen LogP contribution is 2.34. The molecule has 2 amide bonds. The lowest BCUT2D eigenvalue weighted by Gasteiger charge is -2.34. The predicted molar refractivity (Wildman–Crippen MR) is 190 cm³/mol. The Kier molecular flexibility index (Phi) is 11.4. The third-order valence-corrected chi connectivity index (χ3v) is 10.8. The minimum Gasteiger partial charge on any atom is -0.495 e. The molecule has 0 aromatic heterocycles. The Morgan fingerprint density at radius 1 is 0.875 bits per heavy atom. The molecule has 0 bridgehead atoms. The average Bonchev–Trinajstić information content (AvgIpc) is 3.59. The second-order valence-electron chi connectivity index (χ2n) is 12.3. The molecule has 1 N–H and O–H groups in total. The lowest BCUT2D eigenvalue weighted by atomic mass is 10.0. The van der Waals surface area contributed by atoms with Crippen molar-refractivity contribution in [2.24, 2.45) is 0 Å². The van der Waals surface area contributed by atoms with Crippen LogP contribution in [0.2, 0.25) is 5.02 Å². The molecule has 1 aliphatic rings. The van der Waals surface area contributed by atoms with Gasteiger partial charge in [-0.1, -0.05) is 90.7 Å². The van der Waals surface area contributed by atoms with Crippen LogP contribution in [0.5, 0.6) is 5.75 Å². The Balaban J connectivity index is 1.60.